The smallest absolute Gasteiger partial charge is 0.396 e. The Morgan fingerprint density at radius 3 is 2.39 bits per heavy atom. The Kier molecular flexibility index (Phi) is 4.69. The summed E-state index contributed by atoms with van der Waals surface area (Å²) in [6, 6.07) is 7.61. The third kappa shape index (κ3) is 3.59. The maximum Gasteiger partial charge on any atom is 0.416 e. The van der Waals surface area contributed by atoms with E-state index in [1.807, 2.05) is 0 Å². The Morgan fingerprint density at radius 1 is 1.13 bits per heavy atom. The number of halogens is 3. The highest BCUT2D eigenvalue weighted by Gasteiger charge is 2.30. The molecule has 8 nitrogen and oxygen atoms in total. The molecular formula is C20H18F3N7O. The number of nitrogens with one attached hydrogen (secondary N) is 1. The van der Waals surface area contributed by atoms with E-state index in [0.717, 1.165) is 12.1 Å². The number of aromatic nitrogens is 4. The molecule has 0 bridgehead atoms. The minimum absolute atomic E-state index is 0.276. The lowest BCUT2D eigenvalue weighted by Gasteiger charge is -2.14. The molecule has 0 aliphatic carbocycles. The molecule has 5 N–H and O–H groups in total. The number of benzene rings is 1. The summed E-state index contributed by atoms with van der Waals surface area (Å²) >= 11 is 0. The highest BCUT2D eigenvalue weighted by Crippen LogP contribution is 2.33. The van der Waals surface area contributed by atoms with Gasteiger partial charge in [-0.3, -0.25) is 14.9 Å². The fourth-order valence-corrected chi connectivity index (χ4v) is 3.38. The van der Waals surface area contributed by atoms with Gasteiger partial charge in [-0.05, 0) is 30.7 Å². The minimum Gasteiger partial charge on any atom is -0.396 e. The van der Waals surface area contributed by atoms with E-state index >= 15 is 0 Å². The monoisotopic (exact) mass is 429 g/mol. The Labute approximate surface area is 173 Å². The van der Waals surface area contributed by atoms with Gasteiger partial charge in [-0.15, -0.1) is 0 Å². The molecule has 0 aliphatic heterocycles. The van der Waals surface area contributed by atoms with Gasteiger partial charge in [-0.2, -0.15) is 13.2 Å². The van der Waals surface area contributed by atoms with Gasteiger partial charge in [0.15, 0.2) is 11.5 Å². The van der Waals surface area contributed by atoms with Crippen molar-refractivity contribution >= 4 is 17.2 Å². The summed E-state index contributed by atoms with van der Waals surface area (Å²) < 4.78 is 40.0. The van der Waals surface area contributed by atoms with Gasteiger partial charge >= 0.3 is 6.18 Å². The molecule has 11 heteroatoms. The van der Waals surface area contributed by atoms with Crippen LogP contribution in [0.5, 0.6) is 0 Å². The number of anilines is 2. The number of aryl methyl sites for hydroxylation is 1. The molecule has 31 heavy (non-hydrogen) atoms. The highest BCUT2D eigenvalue weighted by atomic mass is 19.4. The molecule has 3 heterocycles. The van der Waals surface area contributed by atoms with Gasteiger partial charge in [-0.25, -0.2) is 20.3 Å². The molecule has 0 radical (unpaired) electrons. The van der Waals surface area contributed by atoms with Crippen LogP contribution in [0.25, 0.3) is 28.0 Å². The number of H-pyrrole nitrogens is 1. The predicted octanol–water partition coefficient (Wildman–Crippen LogP) is 2.97. The van der Waals surface area contributed by atoms with Crippen molar-refractivity contribution in [1.82, 2.24) is 19.6 Å². The van der Waals surface area contributed by atoms with Crippen LogP contribution in [0.1, 0.15) is 11.3 Å². The van der Waals surface area contributed by atoms with Crippen molar-refractivity contribution < 1.29 is 13.2 Å². The van der Waals surface area contributed by atoms with Gasteiger partial charge in [-0.1, -0.05) is 12.1 Å². The number of nitrogens with two attached hydrogens (primary N) is 2. The molecule has 0 saturated carbocycles. The summed E-state index contributed by atoms with van der Waals surface area (Å²) in [5.74, 6) is 6.04. The van der Waals surface area contributed by atoms with Gasteiger partial charge in [0.2, 0.25) is 0 Å². The molecule has 0 aliphatic rings. The van der Waals surface area contributed by atoms with Crippen molar-refractivity contribution in [3.63, 3.8) is 0 Å². The number of pyridine rings is 1. The molecular weight excluding hydrogens is 411 g/mol. The van der Waals surface area contributed by atoms with E-state index in [1.54, 1.807) is 20.0 Å². The fraction of sp³-hybridized carbons (Fsp3) is 0.150. The summed E-state index contributed by atoms with van der Waals surface area (Å²) in [7, 11) is 1.59. The van der Waals surface area contributed by atoms with Crippen LogP contribution >= 0.6 is 0 Å². The van der Waals surface area contributed by atoms with E-state index < -0.39 is 11.7 Å². The molecule has 0 spiro atoms. The van der Waals surface area contributed by atoms with Gasteiger partial charge in [0, 0.05) is 36.1 Å². The first-order valence-electron chi connectivity index (χ1n) is 9.10. The summed E-state index contributed by atoms with van der Waals surface area (Å²) in [4.78, 5) is 21.4. The summed E-state index contributed by atoms with van der Waals surface area (Å²) in [6.45, 7) is 1.71. The Morgan fingerprint density at radius 2 is 1.81 bits per heavy atom. The lowest BCUT2D eigenvalue weighted by Crippen LogP contribution is -2.27. The van der Waals surface area contributed by atoms with Crippen LogP contribution in [0.15, 0.2) is 47.4 Å². The first-order chi connectivity index (χ1) is 14.6. The van der Waals surface area contributed by atoms with Crippen molar-refractivity contribution in [1.29, 1.82) is 0 Å². The number of nitrogen functional groups attached to an aromatic ring is 1. The van der Waals surface area contributed by atoms with Gasteiger partial charge in [0.1, 0.15) is 0 Å². The van der Waals surface area contributed by atoms with Gasteiger partial charge in [0.25, 0.3) is 5.56 Å². The molecule has 0 atom stereocenters. The molecule has 4 rings (SSSR count). The third-order valence-corrected chi connectivity index (χ3v) is 4.82. The SMILES string of the molecule is Cc1[nH]n2c(=O)cc(-c3cnc(N(C)N)c(N)c3)nc2c1-c1ccc(C(F)(F)F)cc1. The molecule has 4 aromatic rings. The normalized spacial score (nSPS) is 11.8. The second-order valence-electron chi connectivity index (χ2n) is 7.07. The Bertz CT molecular complexity index is 1340. The first kappa shape index (κ1) is 20.4. The minimum atomic E-state index is -4.44. The van der Waals surface area contributed by atoms with Crippen LogP contribution in [0.4, 0.5) is 24.7 Å². The maximum atomic E-state index is 12.9. The lowest BCUT2D eigenvalue weighted by atomic mass is 10.0. The number of rotatable bonds is 3. The van der Waals surface area contributed by atoms with Crippen LogP contribution < -0.4 is 22.1 Å². The summed E-state index contributed by atoms with van der Waals surface area (Å²) in [6.07, 6.45) is -2.95. The molecule has 160 valence electrons. The van der Waals surface area contributed by atoms with E-state index in [4.69, 9.17) is 11.6 Å². The molecule has 0 saturated heterocycles. The van der Waals surface area contributed by atoms with E-state index in [-0.39, 0.29) is 11.2 Å². The predicted molar refractivity (Wildman–Crippen MR) is 111 cm³/mol. The van der Waals surface area contributed by atoms with Gasteiger partial charge in [0.05, 0.1) is 16.9 Å². The highest BCUT2D eigenvalue weighted by molar-refractivity contribution is 5.81. The molecule has 1 aromatic carbocycles. The Hall–Kier alpha value is -3.86. The van der Waals surface area contributed by atoms with Crippen molar-refractivity contribution in [2.75, 3.05) is 17.8 Å². The fourth-order valence-electron chi connectivity index (χ4n) is 3.38. The molecule has 0 unspecified atom stereocenters. The zero-order valence-electron chi connectivity index (χ0n) is 16.5. The van der Waals surface area contributed by atoms with Crippen LogP contribution in [0.2, 0.25) is 0 Å². The van der Waals surface area contributed by atoms with Gasteiger partial charge < -0.3 is 5.73 Å². The number of hydrogen-bond donors (Lipinski definition) is 3. The lowest BCUT2D eigenvalue weighted by molar-refractivity contribution is -0.137. The number of hydrazine groups is 1. The van der Waals surface area contributed by atoms with Crippen molar-refractivity contribution in [2.45, 2.75) is 13.1 Å². The largest absolute Gasteiger partial charge is 0.416 e. The van der Waals surface area contributed by atoms with Crippen molar-refractivity contribution in [3.05, 3.63) is 64.2 Å². The summed E-state index contributed by atoms with van der Waals surface area (Å²) in [5.41, 5.74) is 7.84. The zero-order chi connectivity index (χ0) is 22.5. The first-order valence-corrected chi connectivity index (χ1v) is 9.10. The second kappa shape index (κ2) is 7.13. The van der Waals surface area contributed by atoms with Crippen LogP contribution in [0.3, 0.4) is 0 Å². The topological polar surface area (TPSA) is 118 Å². The van der Waals surface area contributed by atoms with Crippen molar-refractivity contribution in [2.24, 2.45) is 5.84 Å². The molecule has 3 aromatic heterocycles. The van der Waals surface area contributed by atoms with Crippen molar-refractivity contribution in [3.8, 4) is 22.4 Å². The number of nitrogens with zero attached hydrogens (tertiary/aromatic N) is 4. The number of alkyl halides is 3. The average Bonchev–Trinajstić information content (AvgIpc) is 3.03. The van der Waals surface area contributed by atoms with E-state index in [9.17, 15) is 18.0 Å². The van der Waals surface area contributed by atoms with Crippen LogP contribution in [-0.2, 0) is 6.18 Å². The molecule has 0 amide bonds. The second-order valence-corrected chi connectivity index (χ2v) is 7.07. The van der Waals surface area contributed by atoms with E-state index in [1.165, 1.54) is 33.9 Å². The van der Waals surface area contributed by atoms with Crippen LogP contribution in [-0.4, -0.2) is 26.6 Å². The molecule has 0 fully saturated rings. The maximum absolute atomic E-state index is 12.9. The number of fused-ring (bicyclic) bond motifs is 1. The number of aromatic amines is 1. The summed E-state index contributed by atoms with van der Waals surface area (Å²) in [5, 5.41) is 4.18. The average molecular weight is 429 g/mol. The third-order valence-electron chi connectivity index (χ3n) is 4.82. The quantitative estimate of drug-likeness (QED) is 0.340. The van der Waals surface area contributed by atoms with E-state index in [0.29, 0.717) is 39.6 Å². The standard InChI is InChI=1S/C20H18F3N7O/c1-10-17(11-3-5-13(6-4-11)20(21,22)23)19-27-15(8-16(31)30(19)28-10)12-7-14(24)18(26-9-12)29(2)25/h3-9,28H,24-25H2,1-2H3. The van der Waals surface area contributed by atoms with E-state index in [2.05, 4.69) is 15.1 Å². The Balaban J connectivity index is 1.88. The van der Waals surface area contributed by atoms with Crippen LogP contribution in [0, 0.1) is 6.92 Å². The zero-order valence-corrected chi connectivity index (χ0v) is 16.5. The number of hydrogen-bond acceptors (Lipinski definition) is 6.